The minimum atomic E-state index is 0.975. The second-order valence-corrected chi connectivity index (χ2v) is 2.54. The van der Waals surface area contributed by atoms with E-state index in [1.165, 1.54) is 11.1 Å². The summed E-state index contributed by atoms with van der Waals surface area (Å²) in [5.74, 6) is 0. The molecule has 0 saturated carbocycles. The largest absolute Gasteiger partial charge is 0.388 e. The molecule has 0 aromatic heterocycles. The maximum absolute atomic E-state index is 3.89. The molecule has 72 valence electrons. The topological polar surface area (TPSA) is 12.0 Å². The van der Waals surface area contributed by atoms with Gasteiger partial charge < -0.3 is 5.32 Å². The van der Waals surface area contributed by atoms with Crippen LogP contribution >= 0.6 is 0 Å². The van der Waals surface area contributed by atoms with Crippen molar-refractivity contribution in [2.75, 3.05) is 7.05 Å². The maximum atomic E-state index is 3.89. The molecule has 1 aromatic rings. The van der Waals surface area contributed by atoms with Gasteiger partial charge in [-0.25, -0.2) is 0 Å². The van der Waals surface area contributed by atoms with Crippen molar-refractivity contribution in [2.24, 2.45) is 0 Å². The lowest BCUT2D eigenvalue weighted by Crippen LogP contribution is -2.03. The van der Waals surface area contributed by atoms with Gasteiger partial charge in [0.25, 0.3) is 0 Å². The van der Waals surface area contributed by atoms with Crippen molar-refractivity contribution < 1.29 is 0 Å². The highest BCUT2D eigenvalue weighted by Crippen LogP contribution is 2.13. The third-order valence-corrected chi connectivity index (χ3v) is 1.77. The predicted octanol–water partition coefficient (Wildman–Crippen LogP) is 3.21. The lowest BCUT2D eigenvalue weighted by atomic mass is 10.1. The molecule has 0 spiro atoms. The van der Waals surface area contributed by atoms with Crippen molar-refractivity contribution in [2.45, 2.75) is 20.8 Å². The van der Waals surface area contributed by atoms with E-state index in [0.717, 1.165) is 5.70 Å². The summed E-state index contributed by atoms with van der Waals surface area (Å²) < 4.78 is 0. The van der Waals surface area contributed by atoms with E-state index in [1.807, 2.05) is 33.0 Å². The van der Waals surface area contributed by atoms with Crippen LogP contribution in [0.4, 0.5) is 0 Å². The van der Waals surface area contributed by atoms with Crippen LogP contribution in [0.2, 0.25) is 0 Å². The zero-order valence-electron chi connectivity index (χ0n) is 9.02. The number of rotatable bonds is 2. The van der Waals surface area contributed by atoms with Crippen molar-refractivity contribution in [3.05, 3.63) is 42.0 Å². The molecule has 0 unspecified atom stereocenters. The molecule has 0 aliphatic carbocycles. The summed E-state index contributed by atoms with van der Waals surface area (Å²) in [7, 11) is 1.88. The quantitative estimate of drug-likeness (QED) is 0.731. The van der Waals surface area contributed by atoms with Gasteiger partial charge in [-0.15, -0.1) is 0 Å². The molecule has 13 heavy (non-hydrogen) atoms. The summed E-state index contributed by atoms with van der Waals surface area (Å²) in [4.78, 5) is 0. The van der Waals surface area contributed by atoms with Gasteiger partial charge in [-0.3, -0.25) is 0 Å². The molecule has 0 atom stereocenters. The van der Waals surface area contributed by atoms with Gasteiger partial charge in [0.1, 0.15) is 0 Å². The number of nitrogens with one attached hydrogen (secondary N) is 1. The molecule has 0 amide bonds. The van der Waals surface area contributed by atoms with Crippen molar-refractivity contribution in [3.63, 3.8) is 0 Å². The first-order chi connectivity index (χ1) is 6.25. The minimum absolute atomic E-state index is 0.975. The Morgan fingerprint density at radius 1 is 1.23 bits per heavy atom. The van der Waals surface area contributed by atoms with Crippen molar-refractivity contribution in [3.8, 4) is 0 Å². The van der Waals surface area contributed by atoms with E-state index in [0.29, 0.717) is 0 Å². The van der Waals surface area contributed by atoms with Crippen LogP contribution in [0, 0.1) is 6.92 Å². The second-order valence-electron chi connectivity index (χ2n) is 2.54. The van der Waals surface area contributed by atoms with Crippen molar-refractivity contribution in [1.29, 1.82) is 0 Å². The summed E-state index contributed by atoms with van der Waals surface area (Å²) in [6.07, 6.45) is 0. The number of benzene rings is 1. The number of hydrogen-bond donors (Lipinski definition) is 1. The Kier molecular flexibility index (Phi) is 5.69. The monoisotopic (exact) mass is 177 g/mol. The van der Waals surface area contributed by atoms with Crippen LogP contribution in [0.5, 0.6) is 0 Å². The normalized spacial score (nSPS) is 8.31. The first-order valence-corrected chi connectivity index (χ1v) is 4.68. The van der Waals surface area contributed by atoms with Crippen LogP contribution in [-0.4, -0.2) is 7.05 Å². The smallest absolute Gasteiger partial charge is 0.0340 e. The first kappa shape index (κ1) is 11.8. The summed E-state index contributed by atoms with van der Waals surface area (Å²) in [6, 6.07) is 8.19. The zero-order chi connectivity index (χ0) is 10.3. The number of aryl methyl sites for hydroxylation is 1. The van der Waals surface area contributed by atoms with Crippen LogP contribution in [0.3, 0.4) is 0 Å². The minimum Gasteiger partial charge on any atom is -0.388 e. The molecule has 0 saturated heterocycles. The van der Waals surface area contributed by atoms with Gasteiger partial charge in [-0.05, 0) is 18.1 Å². The summed E-state index contributed by atoms with van der Waals surface area (Å²) in [5, 5.41) is 3.03. The molecular weight excluding hydrogens is 158 g/mol. The highest BCUT2D eigenvalue weighted by atomic mass is 14.8. The molecule has 1 nitrogen and oxygen atoms in total. The third-order valence-electron chi connectivity index (χ3n) is 1.77. The first-order valence-electron chi connectivity index (χ1n) is 4.68. The standard InChI is InChI=1S/C10H13N.C2H6/c1-8-6-4-5-7-10(8)9(2)11-3;1-2/h4-7,11H,2H2,1,3H3;1-2H3. The van der Waals surface area contributed by atoms with Gasteiger partial charge in [-0.2, -0.15) is 0 Å². The number of hydrogen-bond acceptors (Lipinski definition) is 1. The molecular formula is C12H19N. The van der Waals surface area contributed by atoms with Gasteiger partial charge in [-0.1, -0.05) is 44.7 Å². The fourth-order valence-corrected chi connectivity index (χ4v) is 1.05. The maximum Gasteiger partial charge on any atom is 0.0340 e. The van der Waals surface area contributed by atoms with Gasteiger partial charge in [0.15, 0.2) is 0 Å². The Balaban J connectivity index is 0.000000671. The zero-order valence-corrected chi connectivity index (χ0v) is 9.02. The summed E-state index contributed by atoms with van der Waals surface area (Å²) in [6.45, 7) is 9.97. The SMILES string of the molecule is C=C(NC)c1ccccc1C.CC. The molecule has 0 aliphatic heterocycles. The molecule has 1 aromatic carbocycles. The fraction of sp³-hybridized carbons (Fsp3) is 0.333. The van der Waals surface area contributed by atoms with Gasteiger partial charge in [0.05, 0.1) is 0 Å². The molecule has 1 rings (SSSR count). The summed E-state index contributed by atoms with van der Waals surface area (Å²) >= 11 is 0. The average Bonchev–Trinajstić information content (AvgIpc) is 2.20. The van der Waals surface area contributed by atoms with E-state index in [-0.39, 0.29) is 0 Å². The van der Waals surface area contributed by atoms with Crippen LogP contribution in [0.15, 0.2) is 30.8 Å². The Morgan fingerprint density at radius 3 is 2.23 bits per heavy atom. The highest BCUT2D eigenvalue weighted by molar-refractivity contribution is 5.64. The average molecular weight is 177 g/mol. The van der Waals surface area contributed by atoms with E-state index >= 15 is 0 Å². The molecule has 1 heteroatoms. The van der Waals surface area contributed by atoms with Gasteiger partial charge in [0, 0.05) is 12.7 Å². The lowest BCUT2D eigenvalue weighted by molar-refractivity contribution is 1.12. The molecule has 0 bridgehead atoms. The van der Waals surface area contributed by atoms with E-state index in [4.69, 9.17) is 0 Å². The fourth-order valence-electron chi connectivity index (χ4n) is 1.05. The van der Waals surface area contributed by atoms with Gasteiger partial charge in [0.2, 0.25) is 0 Å². The van der Waals surface area contributed by atoms with E-state index < -0.39 is 0 Å². The van der Waals surface area contributed by atoms with Crippen molar-refractivity contribution in [1.82, 2.24) is 5.32 Å². The molecule has 0 heterocycles. The van der Waals surface area contributed by atoms with E-state index in [9.17, 15) is 0 Å². The lowest BCUT2D eigenvalue weighted by Gasteiger charge is -2.07. The molecule has 0 radical (unpaired) electrons. The van der Waals surface area contributed by atoms with Crippen LogP contribution in [0.25, 0.3) is 5.70 Å². The molecule has 0 fully saturated rings. The van der Waals surface area contributed by atoms with E-state index in [1.54, 1.807) is 0 Å². The summed E-state index contributed by atoms with van der Waals surface area (Å²) in [5.41, 5.74) is 3.42. The Hall–Kier alpha value is -1.24. The van der Waals surface area contributed by atoms with Crippen LogP contribution in [-0.2, 0) is 0 Å². The molecule has 0 aliphatic rings. The predicted molar refractivity (Wildman–Crippen MR) is 60.6 cm³/mol. The van der Waals surface area contributed by atoms with Gasteiger partial charge >= 0.3 is 0 Å². The Morgan fingerprint density at radius 2 is 1.77 bits per heavy atom. The second kappa shape index (κ2) is 6.30. The van der Waals surface area contributed by atoms with E-state index in [2.05, 4.69) is 31.0 Å². The molecule has 1 N–H and O–H groups in total. The van der Waals surface area contributed by atoms with Crippen LogP contribution in [0.1, 0.15) is 25.0 Å². The van der Waals surface area contributed by atoms with Crippen LogP contribution < -0.4 is 5.32 Å². The van der Waals surface area contributed by atoms with Crippen molar-refractivity contribution >= 4 is 5.70 Å². The Bertz CT molecular complexity index is 264. The Labute approximate surface area is 81.5 Å². The third kappa shape index (κ3) is 3.32. The highest BCUT2D eigenvalue weighted by Gasteiger charge is 1.97.